The van der Waals surface area contributed by atoms with Gasteiger partial charge in [-0.05, 0) is 43.4 Å². The Hall–Kier alpha value is -1.71. The Balaban J connectivity index is 1.83. The molecule has 0 amide bonds. The van der Waals surface area contributed by atoms with E-state index in [-0.39, 0.29) is 0 Å². The fraction of sp³-hybridized carbons (Fsp3) is 0.533. The number of hydrogen-bond donors (Lipinski definition) is 2. The largest absolute Gasteiger partial charge is 0.399 e. The summed E-state index contributed by atoms with van der Waals surface area (Å²) < 4.78 is 2.24. The van der Waals surface area contributed by atoms with E-state index >= 15 is 0 Å². The standard InChI is InChI=1S/C15H20N4/c16-11-5-6-13-12(9-11)15-17-8-7-14(19(15)18-13)10-3-1-2-4-10/h5-6,9-10,14,17H,1-4,7-8,16H2. The molecule has 1 aromatic heterocycles. The average Bonchev–Trinajstić information content (AvgIpc) is 3.05. The van der Waals surface area contributed by atoms with E-state index in [1.54, 1.807) is 0 Å². The highest BCUT2D eigenvalue weighted by Crippen LogP contribution is 2.41. The molecule has 1 saturated carbocycles. The van der Waals surface area contributed by atoms with Crippen LogP contribution in [0.2, 0.25) is 0 Å². The van der Waals surface area contributed by atoms with Gasteiger partial charge in [0.15, 0.2) is 0 Å². The van der Waals surface area contributed by atoms with Crippen molar-refractivity contribution < 1.29 is 0 Å². The van der Waals surface area contributed by atoms with Gasteiger partial charge in [0.1, 0.15) is 5.82 Å². The van der Waals surface area contributed by atoms with Crippen molar-refractivity contribution in [2.75, 3.05) is 17.6 Å². The molecule has 0 spiro atoms. The van der Waals surface area contributed by atoms with Crippen molar-refractivity contribution in [3.63, 3.8) is 0 Å². The number of fused-ring (bicyclic) bond motifs is 3. The second-order valence-corrected chi connectivity index (χ2v) is 5.90. The maximum Gasteiger partial charge on any atom is 0.132 e. The first-order chi connectivity index (χ1) is 9.33. The van der Waals surface area contributed by atoms with E-state index < -0.39 is 0 Å². The summed E-state index contributed by atoms with van der Waals surface area (Å²) in [4.78, 5) is 0. The molecule has 1 aromatic carbocycles. The number of nitrogens with zero attached hydrogens (tertiary/aromatic N) is 2. The van der Waals surface area contributed by atoms with Crippen molar-refractivity contribution in [1.29, 1.82) is 0 Å². The molecule has 1 aliphatic heterocycles. The minimum Gasteiger partial charge on any atom is -0.399 e. The molecule has 3 N–H and O–H groups in total. The van der Waals surface area contributed by atoms with E-state index in [1.807, 2.05) is 18.2 Å². The van der Waals surface area contributed by atoms with Crippen molar-refractivity contribution in [2.45, 2.75) is 38.1 Å². The van der Waals surface area contributed by atoms with Crippen LogP contribution in [0.5, 0.6) is 0 Å². The van der Waals surface area contributed by atoms with Crippen molar-refractivity contribution in [3.8, 4) is 0 Å². The summed E-state index contributed by atoms with van der Waals surface area (Å²) in [5.41, 5.74) is 7.78. The summed E-state index contributed by atoms with van der Waals surface area (Å²) in [6, 6.07) is 6.58. The monoisotopic (exact) mass is 256 g/mol. The quantitative estimate of drug-likeness (QED) is 0.771. The highest BCUT2D eigenvalue weighted by atomic mass is 15.4. The zero-order valence-electron chi connectivity index (χ0n) is 11.1. The van der Waals surface area contributed by atoms with Crippen LogP contribution in [0.15, 0.2) is 18.2 Å². The number of anilines is 2. The molecule has 1 unspecified atom stereocenters. The minimum atomic E-state index is 0.576. The van der Waals surface area contributed by atoms with E-state index in [0.29, 0.717) is 6.04 Å². The van der Waals surface area contributed by atoms with E-state index in [2.05, 4.69) is 10.00 Å². The SMILES string of the molecule is Nc1ccc2nn3c(c2c1)NCCC3C1CCCC1. The van der Waals surface area contributed by atoms with E-state index in [1.165, 1.54) is 43.3 Å². The summed E-state index contributed by atoms with van der Waals surface area (Å²) in [6.45, 7) is 1.05. The number of nitrogens with two attached hydrogens (primary N) is 1. The summed E-state index contributed by atoms with van der Waals surface area (Å²) in [6.07, 6.45) is 6.70. The van der Waals surface area contributed by atoms with Crippen LogP contribution in [0.3, 0.4) is 0 Å². The molecule has 1 aliphatic carbocycles. The Morgan fingerprint density at radius 3 is 2.89 bits per heavy atom. The Kier molecular flexibility index (Phi) is 2.43. The topological polar surface area (TPSA) is 55.9 Å². The maximum atomic E-state index is 5.91. The van der Waals surface area contributed by atoms with Crippen LogP contribution in [-0.2, 0) is 0 Å². The Morgan fingerprint density at radius 1 is 1.21 bits per heavy atom. The molecule has 4 heteroatoms. The van der Waals surface area contributed by atoms with Crippen LogP contribution in [0.1, 0.15) is 38.1 Å². The lowest BCUT2D eigenvalue weighted by molar-refractivity contribution is 0.292. The lowest BCUT2D eigenvalue weighted by Crippen LogP contribution is -2.28. The maximum absolute atomic E-state index is 5.91. The van der Waals surface area contributed by atoms with Gasteiger partial charge < -0.3 is 11.1 Å². The van der Waals surface area contributed by atoms with Gasteiger partial charge in [0.05, 0.1) is 11.6 Å². The number of nitrogens with one attached hydrogen (secondary N) is 1. The number of benzene rings is 1. The van der Waals surface area contributed by atoms with Gasteiger partial charge in [-0.1, -0.05) is 12.8 Å². The molecule has 2 aliphatic rings. The first-order valence-electron chi connectivity index (χ1n) is 7.34. The molecule has 1 fully saturated rings. The fourth-order valence-corrected chi connectivity index (χ4v) is 3.77. The van der Waals surface area contributed by atoms with E-state index in [4.69, 9.17) is 10.8 Å². The van der Waals surface area contributed by atoms with Gasteiger partial charge in [-0.3, -0.25) is 0 Å². The van der Waals surface area contributed by atoms with Crippen molar-refractivity contribution in [2.24, 2.45) is 5.92 Å². The van der Waals surface area contributed by atoms with Crippen LogP contribution in [0.25, 0.3) is 10.9 Å². The molecule has 0 bridgehead atoms. The minimum absolute atomic E-state index is 0.576. The zero-order valence-corrected chi connectivity index (χ0v) is 11.1. The predicted molar refractivity (Wildman–Crippen MR) is 78.2 cm³/mol. The number of aromatic nitrogens is 2. The third kappa shape index (κ3) is 1.70. The lowest BCUT2D eigenvalue weighted by Gasteiger charge is -2.30. The molecule has 19 heavy (non-hydrogen) atoms. The van der Waals surface area contributed by atoms with Gasteiger partial charge in [0.25, 0.3) is 0 Å². The van der Waals surface area contributed by atoms with Crippen LogP contribution < -0.4 is 11.1 Å². The van der Waals surface area contributed by atoms with Crippen LogP contribution >= 0.6 is 0 Å². The van der Waals surface area contributed by atoms with Crippen LogP contribution in [0, 0.1) is 5.92 Å². The third-order valence-corrected chi connectivity index (χ3v) is 4.71. The zero-order chi connectivity index (χ0) is 12.8. The Morgan fingerprint density at radius 2 is 2.05 bits per heavy atom. The van der Waals surface area contributed by atoms with Gasteiger partial charge in [-0.15, -0.1) is 0 Å². The van der Waals surface area contributed by atoms with Gasteiger partial charge in [-0.2, -0.15) is 5.10 Å². The smallest absolute Gasteiger partial charge is 0.132 e. The molecule has 4 nitrogen and oxygen atoms in total. The van der Waals surface area contributed by atoms with Crippen molar-refractivity contribution in [1.82, 2.24) is 9.78 Å². The molecule has 4 rings (SSSR count). The predicted octanol–water partition coefficient (Wildman–Crippen LogP) is 3.17. The van der Waals surface area contributed by atoms with Gasteiger partial charge in [0.2, 0.25) is 0 Å². The number of rotatable bonds is 1. The Bertz CT molecular complexity index is 610. The lowest BCUT2D eigenvalue weighted by atomic mass is 9.94. The first-order valence-corrected chi connectivity index (χ1v) is 7.34. The molecular weight excluding hydrogens is 236 g/mol. The van der Waals surface area contributed by atoms with Gasteiger partial charge >= 0.3 is 0 Å². The van der Waals surface area contributed by atoms with Crippen molar-refractivity contribution in [3.05, 3.63) is 18.2 Å². The molecule has 1 atom stereocenters. The van der Waals surface area contributed by atoms with Gasteiger partial charge in [0, 0.05) is 17.6 Å². The normalized spacial score (nSPS) is 23.5. The average molecular weight is 256 g/mol. The summed E-state index contributed by atoms with van der Waals surface area (Å²) in [5.74, 6) is 1.98. The second-order valence-electron chi connectivity index (χ2n) is 5.90. The highest BCUT2D eigenvalue weighted by molar-refractivity contribution is 5.92. The second kappa shape index (κ2) is 4.15. The molecule has 0 saturated heterocycles. The molecule has 2 aromatic rings. The first kappa shape index (κ1) is 11.1. The summed E-state index contributed by atoms with van der Waals surface area (Å²) in [5, 5.41) is 9.50. The Labute approximate surface area is 113 Å². The molecule has 2 heterocycles. The van der Waals surface area contributed by atoms with Crippen molar-refractivity contribution >= 4 is 22.4 Å². The van der Waals surface area contributed by atoms with E-state index in [9.17, 15) is 0 Å². The summed E-state index contributed by atoms with van der Waals surface area (Å²) in [7, 11) is 0. The van der Waals surface area contributed by atoms with Crippen LogP contribution in [0.4, 0.5) is 11.5 Å². The number of hydrogen-bond acceptors (Lipinski definition) is 3. The third-order valence-electron chi connectivity index (χ3n) is 4.71. The molecule has 100 valence electrons. The summed E-state index contributed by atoms with van der Waals surface area (Å²) >= 11 is 0. The van der Waals surface area contributed by atoms with Crippen LogP contribution in [-0.4, -0.2) is 16.3 Å². The molecular formula is C15H20N4. The number of nitrogen functional groups attached to an aromatic ring is 1. The van der Waals surface area contributed by atoms with Gasteiger partial charge in [-0.25, -0.2) is 4.68 Å². The molecule has 0 radical (unpaired) electrons. The van der Waals surface area contributed by atoms with E-state index in [0.717, 1.165) is 23.7 Å². The highest BCUT2D eigenvalue weighted by Gasteiger charge is 2.31. The fourth-order valence-electron chi connectivity index (χ4n) is 3.77.